The van der Waals surface area contributed by atoms with Crippen LogP contribution < -0.4 is 10.6 Å². The van der Waals surface area contributed by atoms with E-state index in [4.69, 9.17) is 9.41 Å². The molecule has 28 heavy (non-hydrogen) atoms. The number of fused-ring (bicyclic) bond motifs is 1. The Hall–Kier alpha value is -3.48. The Labute approximate surface area is 162 Å². The number of nitrogens with zero attached hydrogens (tertiary/aromatic N) is 3. The van der Waals surface area contributed by atoms with Crippen LogP contribution in [-0.4, -0.2) is 28.0 Å². The second kappa shape index (κ2) is 6.92. The molecule has 2 N–H and O–H groups in total. The molecule has 1 atom stereocenters. The van der Waals surface area contributed by atoms with Crippen LogP contribution in [0.4, 0.5) is 11.7 Å². The summed E-state index contributed by atoms with van der Waals surface area (Å²) in [5.41, 5.74) is 2.90. The highest BCUT2D eigenvalue weighted by atomic mass is 16.4. The quantitative estimate of drug-likeness (QED) is 0.730. The molecule has 7 heteroatoms. The number of carbonyl (C=O) groups is 1. The van der Waals surface area contributed by atoms with E-state index in [9.17, 15) is 4.79 Å². The van der Waals surface area contributed by atoms with E-state index in [1.807, 2.05) is 75.4 Å². The number of aromatic nitrogens is 2. The second-order valence-corrected chi connectivity index (χ2v) is 7.59. The number of rotatable bonds is 3. The molecule has 7 nitrogen and oxygen atoms in total. The molecule has 0 bridgehead atoms. The number of hydrogen-bond donors (Lipinski definition) is 2. The first-order valence-corrected chi connectivity index (χ1v) is 9.06. The Bertz CT molecular complexity index is 1030. The molecular formula is C21H21N5O2. The zero-order valence-corrected chi connectivity index (χ0v) is 15.9. The monoisotopic (exact) mass is 375 g/mol. The van der Waals surface area contributed by atoms with Gasteiger partial charge in [-0.15, -0.1) is 5.10 Å². The lowest BCUT2D eigenvalue weighted by atomic mass is 9.97. The summed E-state index contributed by atoms with van der Waals surface area (Å²) in [6.07, 6.45) is -0.907. The average Bonchev–Trinajstić information content (AvgIpc) is 3.10. The van der Waals surface area contributed by atoms with E-state index in [-0.39, 0.29) is 17.3 Å². The Morgan fingerprint density at radius 3 is 2.43 bits per heavy atom. The van der Waals surface area contributed by atoms with Crippen molar-refractivity contribution < 1.29 is 9.21 Å². The summed E-state index contributed by atoms with van der Waals surface area (Å²) in [4.78, 5) is 17.5. The van der Waals surface area contributed by atoms with Crippen molar-refractivity contribution in [2.75, 3.05) is 10.6 Å². The first-order valence-electron chi connectivity index (χ1n) is 9.06. The molecule has 1 aromatic heterocycles. The number of hydrogen-bond acceptors (Lipinski definition) is 6. The maximum Gasteiger partial charge on any atom is 0.317 e. The minimum atomic E-state index is -0.907. The van der Waals surface area contributed by atoms with Gasteiger partial charge in [0.05, 0.1) is 11.4 Å². The molecule has 0 aliphatic carbocycles. The summed E-state index contributed by atoms with van der Waals surface area (Å²) in [7, 11) is 0. The van der Waals surface area contributed by atoms with Crippen LogP contribution in [0.1, 0.15) is 37.8 Å². The zero-order chi connectivity index (χ0) is 19.7. The molecule has 4 rings (SSSR count). The van der Waals surface area contributed by atoms with E-state index in [1.165, 1.54) is 0 Å². The van der Waals surface area contributed by atoms with Gasteiger partial charge in [-0.2, -0.15) is 0 Å². The highest BCUT2D eigenvalue weighted by Crippen LogP contribution is 2.26. The van der Waals surface area contributed by atoms with Crippen molar-refractivity contribution in [1.29, 1.82) is 0 Å². The lowest BCUT2D eigenvalue weighted by Gasteiger charge is -2.13. The normalized spacial score (nSPS) is 16.6. The Kier molecular flexibility index (Phi) is 4.43. The molecule has 2 aromatic carbocycles. The predicted octanol–water partition coefficient (Wildman–Crippen LogP) is 3.59. The number of benzodiazepines with no additional fused rings is 1. The van der Waals surface area contributed by atoms with Crippen LogP contribution in [0.3, 0.4) is 0 Å². The van der Waals surface area contributed by atoms with Gasteiger partial charge in [-0.05, 0) is 6.07 Å². The van der Waals surface area contributed by atoms with Gasteiger partial charge >= 0.3 is 6.01 Å². The van der Waals surface area contributed by atoms with E-state index in [0.717, 1.165) is 11.1 Å². The van der Waals surface area contributed by atoms with Crippen molar-refractivity contribution in [3.8, 4) is 0 Å². The molecular weight excluding hydrogens is 354 g/mol. The third kappa shape index (κ3) is 3.51. The van der Waals surface area contributed by atoms with Gasteiger partial charge in [0.2, 0.25) is 12.1 Å². The van der Waals surface area contributed by atoms with E-state index in [2.05, 4.69) is 20.8 Å². The maximum atomic E-state index is 12.8. The number of anilines is 2. The third-order valence-electron chi connectivity index (χ3n) is 4.32. The molecule has 1 unspecified atom stereocenters. The average molecular weight is 375 g/mol. The van der Waals surface area contributed by atoms with E-state index in [1.54, 1.807) is 0 Å². The van der Waals surface area contributed by atoms with Gasteiger partial charge in [0.1, 0.15) is 0 Å². The standard InChI is InChI=1S/C21H21N5O2/c1-21(2,3)19-25-26-20(28-19)24-17-18(27)22-15-12-8-7-11-14(15)16(23-17)13-9-5-4-6-10-13/h4-12,17H,1-3H3,(H,22,27)(H,24,26). The van der Waals surface area contributed by atoms with Gasteiger partial charge in [0.15, 0.2) is 0 Å². The van der Waals surface area contributed by atoms with Crippen molar-refractivity contribution >= 4 is 23.3 Å². The molecule has 0 fully saturated rings. The SMILES string of the molecule is CC(C)(C)c1nnc(NC2N=C(c3ccccc3)c3ccccc3NC2=O)o1. The largest absolute Gasteiger partial charge is 0.408 e. The van der Waals surface area contributed by atoms with Crippen molar-refractivity contribution in [1.82, 2.24) is 10.2 Å². The molecule has 3 aromatic rings. The Morgan fingerprint density at radius 2 is 1.71 bits per heavy atom. The minimum absolute atomic E-state index is 0.159. The van der Waals surface area contributed by atoms with Gasteiger partial charge < -0.3 is 15.1 Å². The van der Waals surface area contributed by atoms with Gasteiger partial charge in [0.25, 0.3) is 5.91 Å². The molecule has 1 aliphatic heterocycles. The molecule has 1 amide bonds. The van der Waals surface area contributed by atoms with Crippen LogP contribution in [0.2, 0.25) is 0 Å². The van der Waals surface area contributed by atoms with Crippen LogP contribution in [0.25, 0.3) is 0 Å². The van der Waals surface area contributed by atoms with E-state index < -0.39 is 6.17 Å². The summed E-state index contributed by atoms with van der Waals surface area (Å²) in [5, 5.41) is 14.0. The summed E-state index contributed by atoms with van der Waals surface area (Å²) < 4.78 is 5.68. The highest BCUT2D eigenvalue weighted by molar-refractivity contribution is 6.19. The van der Waals surface area contributed by atoms with Crippen molar-refractivity contribution in [3.63, 3.8) is 0 Å². The number of nitrogens with one attached hydrogen (secondary N) is 2. The van der Waals surface area contributed by atoms with Crippen molar-refractivity contribution in [2.24, 2.45) is 4.99 Å². The number of carbonyl (C=O) groups excluding carboxylic acids is 1. The molecule has 0 radical (unpaired) electrons. The lowest BCUT2D eigenvalue weighted by Crippen LogP contribution is -2.32. The number of aliphatic imine (C=N–C) groups is 1. The Morgan fingerprint density at radius 1 is 1.00 bits per heavy atom. The highest BCUT2D eigenvalue weighted by Gasteiger charge is 2.28. The second-order valence-electron chi connectivity index (χ2n) is 7.59. The fourth-order valence-corrected chi connectivity index (χ4v) is 2.88. The van der Waals surface area contributed by atoms with E-state index in [0.29, 0.717) is 17.3 Å². The van der Waals surface area contributed by atoms with Crippen LogP contribution in [0.5, 0.6) is 0 Å². The molecule has 142 valence electrons. The lowest BCUT2D eigenvalue weighted by molar-refractivity contribution is -0.116. The van der Waals surface area contributed by atoms with Gasteiger partial charge in [-0.1, -0.05) is 74.4 Å². The predicted molar refractivity (Wildman–Crippen MR) is 108 cm³/mol. The van der Waals surface area contributed by atoms with Crippen molar-refractivity contribution in [2.45, 2.75) is 32.4 Å². The topological polar surface area (TPSA) is 92.4 Å². The fraction of sp³-hybridized carbons (Fsp3) is 0.238. The number of para-hydroxylation sites is 1. The summed E-state index contributed by atoms with van der Waals surface area (Å²) >= 11 is 0. The zero-order valence-electron chi connectivity index (χ0n) is 15.9. The fourth-order valence-electron chi connectivity index (χ4n) is 2.88. The van der Waals surface area contributed by atoms with Gasteiger partial charge in [0, 0.05) is 16.5 Å². The minimum Gasteiger partial charge on any atom is -0.408 e. The maximum absolute atomic E-state index is 12.8. The van der Waals surface area contributed by atoms with Gasteiger partial charge in [-0.3, -0.25) is 4.79 Å². The first-order chi connectivity index (χ1) is 13.4. The number of amides is 1. The van der Waals surface area contributed by atoms with Crippen LogP contribution in [0.15, 0.2) is 64.0 Å². The molecule has 1 aliphatic rings. The van der Waals surface area contributed by atoms with Gasteiger partial charge in [-0.25, -0.2) is 4.99 Å². The van der Waals surface area contributed by atoms with Crippen LogP contribution in [-0.2, 0) is 10.2 Å². The Balaban J connectivity index is 1.74. The van der Waals surface area contributed by atoms with Crippen LogP contribution in [0, 0.1) is 0 Å². The number of benzene rings is 2. The summed E-state index contributed by atoms with van der Waals surface area (Å²) in [6, 6.07) is 17.5. The third-order valence-corrected chi connectivity index (χ3v) is 4.32. The smallest absolute Gasteiger partial charge is 0.317 e. The summed E-state index contributed by atoms with van der Waals surface area (Å²) in [6.45, 7) is 5.93. The molecule has 0 spiro atoms. The molecule has 2 heterocycles. The summed E-state index contributed by atoms with van der Waals surface area (Å²) in [5.74, 6) is 0.188. The molecule has 0 saturated heterocycles. The van der Waals surface area contributed by atoms with Crippen LogP contribution >= 0.6 is 0 Å². The molecule has 0 saturated carbocycles. The van der Waals surface area contributed by atoms with E-state index >= 15 is 0 Å². The first kappa shape index (κ1) is 17.9. The van der Waals surface area contributed by atoms with Crippen molar-refractivity contribution in [3.05, 3.63) is 71.6 Å².